The van der Waals surface area contributed by atoms with Crippen LogP contribution in [0.4, 0.5) is 11.4 Å². The minimum Gasteiger partial charge on any atom is -0.495 e. The summed E-state index contributed by atoms with van der Waals surface area (Å²) < 4.78 is 28.8. The number of rotatable bonds is 3. The van der Waals surface area contributed by atoms with E-state index in [0.29, 0.717) is 30.0 Å². The predicted octanol–water partition coefficient (Wildman–Crippen LogP) is 1.18. The molecule has 2 rings (SSSR count). The fourth-order valence-electron chi connectivity index (χ4n) is 2.28. The van der Waals surface area contributed by atoms with E-state index in [1.54, 1.807) is 18.2 Å². The molecule has 1 atom stereocenters. The first-order chi connectivity index (χ1) is 9.44. The van der Waals surface area contributed by atoms with Gasteiger partial charge in [-0.3, -0.25) is 4.79 Å². The Bertz CT molecular complexity index is 613. The fraction of sp³-hybridized carbons (Fsp3) is 0.462. The third-order valence-corrected chi connectivity index (χ3v) is 5.54. The molecule has 20 heavy (non-hydrogen) atoms. The highest BCUT2D eigenvalue weighted by Gasteiger charge is 2.34. The Kier molecular flexibility index (Phi) is 4.17. The van der Waals surface area contributed by atoms with Gasteiger partial charge in [0.2, 0.25) is 5.91 Å². The maximum Gasteiger partial charge on any atom is 0.242 e. The second kappa shape index (κ2) is 5.70. The topological polar surface area (TPSA) is 98.5 Å². The van der Waals surface area contributed by atoms with Crippen LogP contribution in [-0.2, 0) is 14.6 Å². The summed E-state index contributed by atoms with van der Waals surface area (Å²) in [5.74, 6) is 0.0955. The van der Waals surface area contributed by atoms with E-state index in [0.717, 1.165) is 6.42 Å². The summed E-state index contributed by atoms with van der Waals surface area (Å²) in [5.41, 5.74) is 6.60. The van der Waals surface area contributed by atoms with Crippen molar-refractivity contribution < 1.29 is 17.9 Å². The van der Waals surface area contributed by atoms with Crippen LogP contribution >= 0.6 is 0 Å². The van der Waals surface area contributed by atoms with Crippen LogP contribution in [0.1, 0.15) is 19.3 Å². The van der Waals surface area contributed by atoms with Gasteiger partial charge in [-0.05, 0) is 31.0 Å². The van der Waals surface area contributed by atoms with Gasteiger partial charge in [0.25, 0.3) is 0 Å². The lowest BCUT2D eigenvalue weighted by atomic mass is 10.1. The number of anilines is 2. The van der Waals surface area contributed by atoms with Gasteiger partial charge in [-0.2, -0.15) is 0 Å². The molecule has 1 heterocycles. The van der Waals surface area contributed by atoms with Gasteiger partial charge in [0.1, 0.15) is 11.0 Å². The molecular formula is C13H18N2O4S. The molecule has 1 fully saturated rings. The number of sulfone groups is 1. The lowest BCUT2D eigenvalue weighted by molar-refractivity contribution is -0.116. The zero-order valence-corrected chi connectivity index (χ0v) is 12.1. The van der Waals surface area contributed by atoms with Crippen molar-refractivity contribution in [3.8, 4) is 5.75 Å². The van der Waals surface area contributed by atoms with Crippen LogP contribution in [0.25, 0.3) is 0 Å². The van der Waals surface area contributed by atoms with Gasteiger partial charge in [-0.1, -0.05) is 6.42 Å². The van der Waals surface area contributed by atoms with Gasteiger partial charge >= 0.3 is 0 Å². The highest BCUT2D eigenvalue weighted by Crippen LogP contribution is 2.26. The van der Waals surface area contributed by atoms with Gasteiger partial charge in [0.15, 0.2) is 9.84 Å². The predicted molar refractivity (Wildman–Crippen MR) is 77.5 cm³/mol. The summed E-state index contributed by atoms with van der Waals surface area (Å²) in [6.07, 6.45) is 1.75. The first kappa shape index (κ1) is 14.6. The van der Waals surface area contributed by atoms with Gasteiger partial charge in [0, 0.05) is 5.69 Å². The highest BCUT2D eigenvalue weighted by atomic mass is 32.2. The minimum absolute atomic E-state index is 0.0792. The second-order valence-electron chi connectivity index (χ2n) is 4.80. The van der Waals surface area contributed by atoms with Gasteiger partial charge in [-0.25, -0.2) is 8.42 Å². The Morgan fingerprint density at radius 2 is 2.15 bits per heavy atom. The first-order valence-electron chi connectivity index (χ1n) is 6.40. The van der Waals surface area contributed by atoms with Crippen LogP contribution in [0.2, 0.25) is 0 Å². The average Bonchev–Trinajstić information content (AvgIpc) is 2.38. The van der Waals surface area contributed by atoms with Crippen molar-refractivity contribution in [1.29, 1.82) is 0 Å². The molecule has 0 bridgehead atoms. The fourth-order valence-corrected chi connectivity index (χ4v) is 4.09. The van der Waals surface area contributed by atoms with E-state index in [-0.39, 0.29) is 5.75 Å². The molecule has 1 aliphatic heterocycles. The van der Waals surface area contributed by atoms with Crippen molar-refractivity contribution in [2.75, 3.05) is 23.9 Å². The number of carbonyl (C=O) groups excluding carboxylic acids is 1. The monoisotopic (exact) mass is 298 g/mol. The van der Waals surface area contributed by atoms with Gasteiger partial charge in [-0.15, -0.1) is 0 Å². The van der Waals surface area contributed by atoms with Crippen molar-refractivity contribution in [3.63, 3.8) is 0 Å². The molecule has 3 N–H and O–H groups in total. The molecule has 7 heteroatoms. The number of benzene rings is 1. The van der Waals surface area contributed by atoms with Crippen LogP contribution in [-0.4, -0.2) is 32.4 Å². The summed E-state index contributed by atoms with van der Waals surface area (Å²) in [6, 6.07) is 4.80. The molecule has 0 aromatic heterocycles. The molecule has 1 amide bonds. The molecule has 0 saturated carbocycles. The van der Waals surface area contributed by atoms with Gasteiger partial charge in [0.05, 0.1) is 18.6 Å². The van der Waals surface area contributed by atoms with Crippen molar-refractivity contribution in [1.82, 2.24) is 0 Å². The SMILES string of the molecule is COc1ccc(NC(=O)C2CCCCS2(=O)=O)cc1N. The Balaban J connectivity index is 2.13. The number of nitrogen functional groups attached to an aromatic ring is 1. The molecule has 1 aliphatic rings. The zero-order valence-electron chi connectivity index (χ0n) is 11.3. The number of ether oxygens (including phenoxy) is 1. The van der Waals surface area contributed by atoms with Gasteiger partial charge < -0.3 is 15.8 Å². The summed E-state index contributed by atoms with van der Waals surface area (Å²) in [4.78, 5) is 12.1. The lowest BCUT2D eigenvalue weighted by Crippen LogP contribution is -2.39. The molecule has 6 nitrogen and oxygen atoms in total. The van der Waals surface area contributed by atoms with Crippen LogP contribution in [0.3, 0.4) is 0 Å². The molecule has 1 aromatic carbocycles. The van der Waals surface area contributed by atoms with Crippen LogP contribution in [0.5, 0.6) is 5.75 Å². The number of carbonyl (C=O) groups is 1. The quantitative estimate of drug-likeness (QED) is 0.817. The van der Waals surface area contributed by atoms with Crippen LogP contribution in [0, 0.1) is 0 Å². The molecule has 1 saturated heterocycles. The number of nitrogens with one attached hydrogen (secondary N) is 1. The molecule has 110 valence electrons. The van der Waals surface area contributed by atoms with E-state index in [4.69, 9.17) is 10.5 Å². The first-order valence-corrected chi connectivity index (χ1v) is 8.11. The normalized spacial score (nSPS) is 21.1. The van der Waals surface area contributed by atoms with Crippen molar-refractivity contribution in [3.05, 3.63) is 18.2 Å². The Morgan fingerprint density at radius 1 is 1.40 bits per heavy atom. The third kappa shape index (κ3) is 3.04. The minimum atomic E-state index is -3.33. The zero-order chi connectivity index (χ0) is 14.8. The molecule has 0 aliphatic carbocycles. The second-order valence-corrected chi connectivity index (χ2v) is 7.10. The standard InChI is InChI=1S/C13H18N2O4S/c1-19-11-6-5-9(8-10(11)14)15-13(16)12-4-2-3-7-20(12,17)18/h5-6,8,12H,2-4,7,14H2,1H3,(H,15,16). The number of methoxy groups -OCH3 is 1. The maximum atomic E-state index is 12.1. The van der Waals surface area contributed by atoms with E-state index in [9.17, 15) is 13.2 Å². The van der Waals surface area contributed by atoms with Crippen LogP contribution in [0.15, 0.2) is 18.2 Å². The maximum absolute atomic E-state index is 12.1. The Labute approximate surface area is 118 Å². The van der Waals surface area contributed by atoms with Crippen molar-refractivity contribution in [2.24, 2.45) is 0 Å². The Hall–Kier alpha value is -1.76. The van der Waals surface area contributed by atoms with E-state index in [2.05, 4.69) is 5.32 Å². The number of nitrogens with two attached hydrogens (primary N) is 1. The van der Waals surface area contributed by atoms with E-state index in [1.807, 2.05) is 0 Å². The molecular weight excluding hydrogens is 280 g/mol. The number of amides is 1. The van der Waals surface area contributed by atoms with Crippen LogP contribution < -0.4 is 15.8 Å². The largest absolute Gasteiger partial charge is 0.495 e. The average molecular weight is 298 g/mol. The summed E-state index contributed by atoms with van der Waals surface area (Å²) in [6.45, 7) is 0. The third-order valence-electron chi connectivity index (χ3n) is 3.37. The summed E-state index contributed by atoms with van der Waals surface area (Å²) in [5, 5.41) is 1.65. The van der Waals surface area contributed by atoms with E-state index in [1.165, 1.54) is 7.11 Å². The molecule has 0 spiro atoms. The summed E-state index contributed by atoms with van der Waals surface area (Å²) >= 11 is 0. The molecule has 1 unspecified atom stereocenters. The van der Waals surface area contributed by atoms with E-state index >= 15 is 0 Å². The number of hydrogen-bond acceptors (Lipinski definition) is 5. The Morgan fingerprint density at radius 3 is 2.75 bits per heavy atom. The smallest absolute Gasteiger partial charge is 0.242 e. The van der Waals surface area contributed by atoms with Crippen molar-refractivity contribution in [2.45, 2.75) is 24.5 Å². The number of hydrogen-bond donors (Lipinski definition) is 2. The van der Waals surface area contributed by atoms with Crippen molar-refractivity contribution >= 4 is 27.1 Å². The highest BCUT2D eigenvalue weighted by molar-refractivity contribution is 7.92. The molecule has 1 aromatic rings. The molecule has 0 radical (unpaired) electrons. The summed E-state index contributed by atoms with van der Waals surface area (Å²) in [7, 11) is -1.84. The van der Waals surface area contributed by atoms with E-state index < -0.39 is 21.0 Å². The lowest BCUT2D eigenvalue weighted by Gasteiger charge is -2.21.